The second kappa shape index (κ2) is 5.37. The van der Waals surface area contributed by atoms with E-state index in [1.807, 2.05) is 20.8 Å². The standard InChI is InChI=1S/C19H16F2N4/c1-10-13-9-11(20)7-8-12(13)16(23-19(10,2)3)18-22-15-6-4-5-14(21)17(15)24-25-18/h4-10H,1-3H3. The zero-order valence-corrected chi connectivity index (χ0v) is 14.1. The van der Waals surface area contributed by atoms with Crippen LogP contribution in [-0.2, 0) is 0 Å². The molecule has 25 heavy (non-hydrogen) atoms. The minimum atomic E-state index is -0.467. The summed E-state index contributed by atoms with van der Waals surface area (Å²) in [6, 6.07) is 9.19. The van der Waals surface area contributed by atoms with Crippen molar-refractivity contribution < 1.29 is 8.78 Å². The Morgan fingerprint density at radius 1 is 1.04 bits per heavy atom. The molecular weight excluding hydrogens is 322 g/mol. The molecule has 1 unspecified atom stereocenters. The summed E-state index contributed by atoms with van der Waals surface area (Å²) < 4.78 is 27.6. The highest BCUT2D eigenvalue weighted by Crippen LogP contribution is 2.38. The fraction of sp³-hybridized carbons (Fsp3) is 0.263. The Hall–Kier alpha value is -2.76. The molecule has 126 valence electrons. The first kappa shape index (κ1) is 15.7. The normalized spacial score (nSPS) is 18.8. The van der Waals surface area contributed by atoms with Crippen LogP contribution < -0.4 is 0 Å². The van der Waals surface area contributed by atoms with Gasteiger partial charge >= 0.3 is 0 Å². The molecule has 0 amide bonds. The zero-order valence-electron chi connectivity index (χ0n) is 14.1. The van der Waals surface area contributed by atoms with Crippen LogP contribution in [0.2, 0.25) is 0 Å². The summed E-state index contributed by atoms with van der Waals surface area (Å²) in [6.45, 7) is 5.99. The number of benzene rings is 2. The first-order valence-electron chi connectivity index (χ1n) is 8.06. The third kappa shape index (κ3) is 2.49. The Balaban J connectivity index is 1.95. The van der Waals surface area contributed by atoms with Crippen molar-refractivity contribution >= 4 is 16.7 Å². The molecule has 0 spiro atoms. The summed E-state index contributed by atoms with van der Waals surface area (Å²) >= 11 is 0. The van der Waals surface area contributed by atoms with Crippen molar-refractivity contribution in [2.75, 3.05) is 0 Å². The van der Waals surface area contributed by atoms with Crippen molar-refractivity contribution in [1.29, 1.82) is 0 Å². The number of fused-ring (bicyclic) bond motifs is 2. The van der Waals surface area contributed by atoms with Gasteiger partial charge in [-0.15, -0.1) is 10.2 Å². The highest BCUT2D eigenvalue weighted by atomic mass is 19.1. The molecule has 1 aromatic heterocycles. The second-order valence-corrected chi connectivity index (χ2v) is 6.81. The lowest BCUT2D eigenvalue weighted by molar-refractivity contribution is 0.430. The Bertz CT molecular complexity index is 1030. The topological polar surface area (TPSA) is 51.0 Å². The third-order valence-corrected chi connectivity index (χ3v) is 4.84. The molecule has 6 heteroatoms. The van der Waals surface area contributed by atoms with Gasteiger partial charge in [-0.3, -0.25) is 4.99 Å². The van der Waals surface area contributed by atoms with Gasteiger partial charge in [0.25, 0.3) is 0 Å². The predicted octanol–water partition coefficient (Wildman–Crippen LogP) is 4.04. The highest BCUT2D eigenvalue weighted by Gasteiger charge is 2.35. The Morgan fingerprint density at radius 3 is 2.64 bits per heavy atom. The minimum absolute atomic E-state index is 0.0350. The number of hydrogen-bond acceptors (Lipinski definition) is 4. The lowest BCUT2D eigenvalue weighted by Crippen LogP contribution is -2.33. The molecule has 4 rings (SSSR count). The fourth-order valence-corrected chi connectivity index (χ4v) is 3.13. The molecule has 2 heterocycles. The van der Waals surface area contributed by atoms with E-state index in [9.17, 15) is 8.78 Å². The van der Waals surface area contributed by atoms with Crippen molar-refractivity contribution in [2.24, 2.45) is 4.99 Å². The maximum atomic E-state index is 13.8. The van der Waals surface area contributed by atoms with Gasteiger partial charge in [0.05, 0.1) is 11.1 Å². The number of aliphatic imine (C=N–C) groups is 1. The molecule has 1 aliphatic heterocycles. The number of rotatable bonds is 1. The van der Waals surface area contributed by atoms with Gasteiger partial charge in [0.15, 0.2) is 5.82 Å². The maximum absolute atomic E-state index is 13.8. The van der Waals surface area contributed by atoms with E-state index in [0.29, 0.717) is 17.1 Å². The Labute approximate surface area is 143 Å². The molecule has 1 atom stereocenters. The van der Waals surface area contributed by atoms with Crippen LogP contribution in [0, 0.1) is 11.6 Å². The average molecular weight is 338 g/mol. The molecule has 0 N–H and O–H groups in total. The van der Waals surface area contributed by atoms with Crippen LogP contribution in [0.15, 0.2) is 41.4 Å². The van der Waals surface area contributed by atoms with Crippen LogP contribution in [0.3, 0.4) is 0 Å². The van der Waals surface area contributed by atoms with Gasteiger partial charge in [-0.25, -0.2) is 13.8 Å². The van der Waals surface area contributed by atoms with E-state index in [1.165, 1.54) is 18.2 Å². The molecule has 4 nitrogen and oxygen atoms in total. The molecule has 0 bridgehead atoms. The summed E-state index contributed by atoms with van der Waals surface area (Å²) in [5, 5.41) is 8.05. The van der Waals surface area contributed by atoms with Gasteiger partial charge in [0.2, 0.25) is 5.82 Å². The number of aromatic nitrogens is 3. The first-order valence-corrected chi connectivity index (χ1v) is 8.06. The SMILES string of the molecule is CC1c2cc(F)ccc2C(c2nnc3c(F)cccc3n2)=NC1(C)C. The zero-order chi connectivity index (χ0) is 17.8. The molecular formula is C19H16F2N4. The van der Waals surface area contributed by atoms with E-state index in [4.69, 9.17) is 4.99 Å². The van der Waals surface area contributed by atoms with Gasteiger partial charge in [0, 0.05) is 11.5 Å². The van der Waals surface area contributed by atoms with Crippen LogP contribution in [-0.4, -0.2) is 26.4 Å². The van der Waals surface area contributed by atoms with E-state index in [-0.39, 0.29) is 17.3 Å². The maximum Gasteiger partial charge on any atom is 0.201 e. The van der Waals surface area contributed by atoms with E-state index in [0.717, 1.165) is 11.1 Å². The molecule has 0 saturated carbocycles. The third-order valence-electron chi connectivity index (χ3n) is 4.84. The summed E-state index contributed by atoms with van der Waals surface area (Å²) in [5.74, 6) is -0.410. The summed E-state index contributed by atoms with van der Waals surface area (Å²) in [4.78, 5) is 9.23. The first-order chi connectivity index (χ1) is 11.9. The van der Waals surface area contributed by atoms with Crippen molar-refractivity contribution in [3.05, 3.63) is 65.0 Å². The van der Waals surface area contributed by atoms with Crippen LogP contribution in [0.25, 0.3) is 11.0 Å². The number of halogens is 2. The summed E-state index contributed by atoms with van der Waals surface area (Å²) in [5.41, 5.74) is 2.28. The lowest BCUT2D eigenvalue weighted by atomic mass is 9.77. The van der Waals surface area contributed by atoms with Crippen LogP contribution in [0.1, 0.15) is 43.6 Å². The van der Waals surface area contributed by atoms with Gasteiger partial charge in [-0.05, 0) is 49.7 Å². The second-order valence-electron chi connectivity index (χ2n) is 6.81. The van der Waals surface area contributed by atoms with Crippen molar-refractivity contribution in [3.8, 4) is 0 Å². The Morgan fingerprint density at radius 2 is 1.84 bits per heavy atom. The van der Waals surface area contributed by atoms with Crippen molar-refractivity contribution in [3.63, 3.8) is 0 Å². The molecule has 0 radical (unpaired) electrons. The number of hydrogen-bond donors (Lipinski definition) is 0. The van der Waals surface area contributed by atoms with Gasteiger partial charge in [-0.1, -0.05) is 13.0 Å². The summed E-state index contributed by atoms with van der Waals surface area (Å²) in [6.07, 6.45) is 0. The summed E-state index contributed by atoms with van der Waals surface area (Å²) in [7, 11) is 0. The van der Waals surface area contributed by atoms with E-state index in [1.54, 1.807) is 18.2 Å². The Kier molecular flexibility index (Phi) is 3.39. The lowest BCUT2D eigenvalue weighted by Gasteiger charge is -2.35. The van der Waals surface area contributed by atoms with Crippen molar-refractivity contribution in [2.45, 2.75) is 32.2 Å². The molecule has 1 aliphatic rings. The van der Waals surface area contributed by atoms with E-state index < -0.39 is 11.4 Å². The quantitative estimate of drug-likeness (QED) is 0.673. The van der Waals surface area contributed by atoms with Gasteiger partial charge < -0.3 is 0 Å². The van der Waals surface area contributed by atoms with Crippen LogP contribution in [0.4, 0.5) is 8.78 Å². The molecule has 0 fully saturated rings. The number of nitrogens with zero attached hydrogens (tertiary/aromatic N) is 4. The van der Waals surface area contributed by atoms with Crippen molar-refractivity contribution in [1.82, 2.24) is 15.2 Å². The smallest absolute Gasteiger partial charge is 0.201 e. The largest absolute Gasteiger partial charge is 0.274 e. The van der Waals surface area contributed by atoms with E-state index in [2.05, 4.69) is 15.2 Å². The molecule has 2 aromatic carbocycles. The highest BCUT2D eigenvalue weighted by molar-refractivity contribution is 6.13. The molecule has 0 aliphatic carbocycles. The van der Waals surface area contributed by atoms with Gasteiger partial charge in [-0.2, -0.15) is 0 Å². The van der Waals surface area contributed by atoms with Crippen LogP contribution >= 0.6 is 0 Å². The molecule has 3 aromatic rings. The van der Waals surface area contributed by atoms with Crippen LogP contribution in [0.5, 0.6) is 0 Å². The monoisotopic (exact) mass is 338 g/mol. The minimum Gasteiger partial charge on any atom is -0.274 e. The van der Waals surface area contributed by atoms with Gasteiger partial charge in [0.1, 0.15) is 17.0 Å². The average Bonchev–Trinajstić information content (AvgIpc) is 2.58. The molecule has 0 saturated heterocycles. The predicted molar refractivity (Wildman–Crippen MR) is 91.8 cm³/mol. The fourth-order valence-electron chi connectivity index (χ4n) is 3.13. The van der Waals surface area contributed by atoms with E-state index >= 15 is 0 Å².